The van der Waals surface area contributed by atoms with E-state index in [-0.39, 0.29) is 4.90 Å². The van der Waals surface area contributed by atoms with Gasteiger partial charge in [0, 0.05) is 7.11 Å². The summed E-state index contributed by atoms with van der Waals surface area (Å²) in [5.41, 5.74) is 0. The summed E-state index contributed by atoms with van der Waals surface area (Å²) in [4.78, 5) is 0.170. The van der Waals surface area contributed by atoms with Gasteiger partial charge >= 0.3 is 0 Å². The van der Waals surface area contributed by atoms with Crippen LogP contribution in [-0.4, -0.2) is 29.1 Å². The highest BCUT2D eigenvalue weighted by Crippen LogP contribution is 2.20. The predicted molar refractivity (Wildman–Crippen MR) is 51.0 cm³/mol. The van der Waals surface area contributed by atoms with Crippen molar-refractivity contribution in [2.24, 2.45) is 0 Å². The van der Waals surface area contributed by atoms with E-state index in [9.17, 15) is 8.76 Å². The number of hydrogen-bond donors (Lipinski definition) is 0. The number of hydrogen-bond acceptors (Lipinski definition) is 4. The van der Waals surface area contributed by atoms with Crippen LogP contribution in [0.2, 0.25) is 0 Å². The monoisotopic (exact) mass is 215 g/mol. The first kappa shape index (κ1) is 11.2. The van der Waals surface area contributed by atoms with Crippen LogP contribution < -0.4 is 4.74 Å². The van der Waals surface area contributed by atoms with Gasteiger partial charge in [-0.1, -0.05) is 12.1 Å². The maximum Gasteiger partial charge on any atom is 0.134 e. The molecule has 0 heterocycles. The third-order valence-corrected chi connectivity index (χ3v) is 2.27. The molecule has 0 radical (unpaired) electrons. The molecule has 0 aliphatic carbocycles. The van der Waals surface area contributed by atoms with E-state index in [2.05, 4.69) is 0 Å². The summed E-state index contributed by atoms with van der Waals surface area (Å²) in [6.07, 6.45) is 0. The number of benzene rings is 1. The molecular formula is C9H11O4S-. The first-order valence-electron chi connectivity index (χ1n) is 4.05. The Labute approximate surface area is 85.1 Å². The third-order valence-electron chi connectivity index (χ3n) is 1.57. The molecule has 78 valence electrons. The Morgan fingerprint density at radius 1 is 1.36 bits per heavy atom. The zero-order chi connectivity index (χ0) is 10.4. The summed E-state index contributed by atoms with van der Waals surface area (Å²) in [6, 6.07) is 6.47. The number of methoxy groups -OCH3 is 1. The van der Waals surface area contributed by atoms with E-state index in [1.807, 2.05) is 0 Å². The fourth-order valence-electron chi connectivity index (χ4n) is 0.942. The Morgan fingerprint density at radius 3 is 2.71 bits per heavy atom. The van der Waals surface area contributed by atoms with Crippen LogP contribution in [0.25, 0.3) is 0 Å². The Bertz CT molecular complexity index is 313. The molecule has 0 saturated carbocycles. The van der Waals surface area contributed by atoms with Crippen LogP contribution in [0.5, 0.6) is 5.75 Å². The van der Waals surface area contributed by atoms with Crippen molar-refractivity contribution in [1.82, 2.24) is 0 Å². The van der Waals surface area contributed by atoms with Crippen LogP contribution in [-0.2, 0) is 15.8 Å². The second kappa shape index (κ2) is 5.74. The molecular weight excluding hydrogens is 204 g/mol. The fourth-order valence-corrected chi connectivity index (χ4v) is 1.42. The highest BCUT2D eigenvalue weighted by Gasteiger charge is 2.02. The fraction of sp³-hybridized carbons (Fsp3) is 0.333. The standard InChI is InChI=1S/C9H12O4S/c1-12-6-7-13-8-4-2-3-5-9(8)14(10)11/h2-5H,6-7H2,1H3,(H,10,11)/p-1. The average Bonchev–Trinajstić information content (AvgIpc) is 2.19. The number of para-hydroxylation sites is 1. The minimum atomic E-state index is -2.26. The molecule has 5 heteroatoms. The largest absolute Gasteiger partial charge is 0.768 e. The van der Waals surface area contributed by atoms with E-state index in [4.69, 9.17) is 9.47 Å². The van der Waals surface area contributed by atoms with Crippen molar-refractivity contribution in [1.29, 1.82) is 0 Å². The minimum absolute atomic E-state index is 0.170. The van der Waals surface area contributed by atoms with E-state index in [0.717, 1.165) is 0 Å². The highest BCUT2D eigenvalue weighted by atomic mass is 32.2. The smallest absolute Gasteiger partial charge is 0.134 e. The normalized spacial score (nSPS) is 12.4. The van der Waals surface area contributed by atoms with E-state index in [1.165, 1.54) is 6.07 Å². The number of rotatable bonds is 5. The summed E-state index contributed by atoms with van der Waals surface area (Å²) in [7, 11) is 1.56. The Kier molecular flexibility index (Phi) is 4.58. The van der Waals surface area contributed by atoms with E-state index in [0.29, 0.717) is 19.0 Å². The van der Waals surface area contributed by atoms with Gasteiger partial charge < -0.3 is 14.0 Å². The summed E-state index contributed by atoms with van der Waals surface area (Å²) in [6.45, 7) is 0.768. The first-order chi connectivity index (χ1) is 6.75. The molecule has 4 nitrogen and oxygen atoms in total. The SMILES string of the molecule is COCCOc1ccccc1S(=O)[O-]. The van der Waals surface area contributed by atoms with E-state index in [1.54, 1.807) is 25.3 Å². The van der Waals surface area contributed by atoms with Crippen LogP contribution in [0.1, 0.15) is 0 Å². The van der Waals surface area contributed by atoms with Crippen molar-refractivity contribution in [2.45, 2.75) is 4.90 Å². The minimum Gasteiger partial charge on any atom is -0.768 e. The molecule has 1 atom stereocenters. The van der Waals surface area contributed by atoms with Crippen molar-refractivity contribution in [3.05, 3.63) is 24.3 Å². The van der Waals surface area contributed by atoms with Gasteiger partial charge in [0.2, 0.25) is 0 Å². The molecule has 1 unspecified atom stereocenters. The summed E-state index contributed by atoms with van der Waals surface area (Å²) >= 11 is -2.26. The molecule has 1 aromatic carbocycles. The van der Waals surface area contributed by atoms with Crippen molar-refractivity contribution < 1.29 is 18.2 Å². The molecule has 0 amide bonds. The van der Waals surface area contributed by atoms with E-state index >= 15 is 0 Å². The van der Waals surface area contributed by atoms with Gasteiger partial charge in [-0.3, -0.25) is 4.21 Å². The van der Waals surface area contributed by atoms with Crippen LogP contribution in [0.15, 0.2) is 29.2 Å². The summed E-state index contributed by atoms with van der Waals surface area (Å²) < 4.78 is 31.5. The molecule has 1 rings (SSSR count). The molecule has 14 heavy (non-hydrogen) atoms. The van der Waals surface area contributed by atoms with Gasteiger partial charge in [-0.15, -0.1) is 0 Å². The van der Waals surface area contributed by atoms with Crippen LogP contribution in [0.4, 0.5) is 0 Å². The van der Waals surface area contributed by atoms with Gasteiger partial charge in [0.05, 0.1) is 11.5 Å². The second-order valence-corrected chi connectivity index (χ2v) is 3.43. The zero-order valence-corrected chi connectivity index (χ0v) is 8.58. The van der Waals surface area contributed by atoms with Gasteiger partial charge in [-0.25, -0.2) is 0 Å². The van der Waals surface area contributed by atoms with Crippen molar-refractivity contribution in [2.75, 3.05) is 20.3 Å². The van der Waals surface area contributed by atoms with Crippen LogP contribution in [0, 0.1) is 0 Å². The molecule has 1 aromatic rings. The second-order valence-electron chi connectivity index (χ2n) is 2.52. The average molecular weight is 215 g/mol. The topological polar surface area (TPSA) is 58.6 Å². The summed E-state index contributed by atoms with van der Waals surface area (Å²) in [5.74, 6) is 0.359. The quantitative estimate of drug-likeness (QED) is 0.542. The van der Waals surface area contributed by atoms with Gasteiger partial charge in [0.25, 0.3) is 0 Å². The molecule has 0 aliphatic rings. The molecule has 0 aliphatic heterocycles. The van der Waals surface area contributed by atoms with Crippen LogP contribution >= 0.6 is 0 Å². The first-order valence-corrected chi connectivity index (χ1v) is 5.13. The lowest BCUT2D eigenvalue weighted by Gasteiger charge is -2.12. The lowest BCUT2D eigenvalue weighted by Crippen LogP contribution is -2.06. The molecule has 0 N–H and O–H groups in total. The third kappa shape index (κ3) is 3.10. The molecule has 0 spiro atoms. The van der Waals surface area contributed by atoms with Gasteiger partial charge in [0.15, 0.2) is 0 Å². The highest BCUT2D eigenvalue weighted by molar-refractivity contribution is 7.79. The Hall–Kier alpha value is -0.910. The molecule has 0 aromatic heterocycles. The number of ether oxygens (including phenoxy) is 2. The predicted octanol–water partition coefficient (Wildman–Crippen LogP) is 0.950. The van der Waals surface area contributed by atoms with Gasteiger partial charge in [-0.2, -0.15) is 0 Å². The van der Waals surface area contributed by atoms with Crippen molar-refractivity contribution >= 4 is 11.1 Å². The van der Waals surface area contributed by atoms with Gasteiger partial charge in [-0.05, 0) is 23.2 Å². The van der Waals surface area contributed by atoms with Crippen molar-refractivity contribution in [3.8, 4) is 5.75 Å². The zero-order valence-electron chi connectivity index (χ0n) is 7.76. The van der Waals surface area contributed by atoms with Crippen LogP contribution in [0.3, 0.4) is 0 Å². The van der Waals surface area contributed by atoms with E-state index < -0.39 is 11.1 Å². The van der Waals surface area contributed by atoms with Gasteiger partial charge in [0.1, 0.15) is 12.4 Å². The molecule has 0 saturated heterocycles. The lowest BCUT2D eigenvalue weighted by molar-refractivity contribution is 0.144. The maximum atomic E-state index is 10.7. The molecule has 0 fully saturated rings. The molecule has 0 bridgehead atoms. The Balaban J connectivity index is 2.69. The van der Waals surface area contributed by atoms with Crippen molar-refractivity contribution in [3.63, 3.8) is 0 Å². The maximum absolute atomic E-state index is 10.7. The Morgan fingerprint density at radius 2 is 2.07 bits per heavy atom. The summed E-state index contributed by atoms with van der Waals surface area (Å²) in [5, 5.41) is 0. The lowest BCUT2D eigenvalue weighted by atomic mass is 10.3.